The third-order valence-corrected chi connectivity index (χ3v) is 3.50. The van der Waals surface area contributed by atoms with Crippen LogP contribution in [0, 0.1) is 0 Å². The monoisotopic (exact) mass is 333 g/mol. The van der Waals surface area contributed by atoms with Gasteiger partial charge < -0.3 is 14.1 Å². The Balaban J connectivity index is -0.0000000600. The molecule has 0 radical (unpaired) electrons. The number of hydrogen-bond acceptors (Lipinski definition) is 4. The normalized spacial score (nSPS) is 11.9. The second-order valence-corrected chi connectivity index (χ2v) is 6.18. The van der Waals surface area contributed by atoms with Crippen molar-refractivity contribution >= 4 is 56.8 Å². The van der Waals surface area contributed by atoms with E-state index in [0.29, 0.717) is 0 Å². The van der Waals surface area contributed by atoms with Crippen LogP contribution in [0.5, 0.6) is 0 Å². The summed E-state index contributed by atoms with van der Waals surface area (Å²) in [5, 5.41) is 0. The minimum Gasteiger partial charge on any atom is 0 e. The van der Waals surface area contributed by atoms with E-state index in [1.54, 1.807) is 6.26 Å². The van der Waals surface area contributed by atoms with Crippen molar-refractivity contribution in [3.8, 4) is 0 Å². The quantitative estimate of drug-likeness (QED) is 0.430. The molecule has 0 spiro atoms. The van der Waals surface area contributed by atoms with Gasteiger partial charge in [0.25, 0.3) is 0 Å². The van der Waals surface area contributed by atoms with E-state index < -0.39 is 15.9 Å². The molecule has 13 heavy (non-hydrogen) atoms. The molecule has 0 aromatic heterocycles. The third kappa shape index (κ3) is 31.5. The van der Waals surface area contributed by atoms with Crippen molar-refractivity contribution in [2.75, 3.05) is 13.4 Å². The molecule has 0 fully saturated rings. The standard InChI is InChI=1S/C2H8NO2PS.Na.H2O3Si.Zr.H/c1-5-6(3,4)7-2;;1-4(2)3;;/h1-2H3,(H2,3,4);;1-2H;;. The molecule has 1 unspecified atom stereocenters. The molecule has 0 amide bonds. The molecule has 0 bridgehead atoms. The van der Waals surface area contributed by atoms with Crippen LogP contribution in [0.15, 0.2) is 0 Å². The van der Waals surface area contributed by atoms with Crippen LogP contribution in [0.1, 0.15) is 0 Å². The van der Waals surface area contributed by atoms with Crippen molar-refractivity contribution in [3.05, 3.63) is 0 Å². The zero-order valence-electron chi connectivity index (χ0n) is 6.55. The van der Waals surface area contributed by atoms with Gasteiger partial charge in [0.05, 0.1) is 0 Å². The van der Waals surface area contributed by atoms with Gasteiger partial charge in [-0.2, -0.15) is 0 Å². The molecule has 0 aliphatic rings. The maximum absolute atomic E-state index is 10.5. The van der Waals surface area contributed by atoms with E-state index in [4.69, 9.17) is 19.6 Å². The van der Waals surface area contributed by atoms with E-state index in [2.05, 4.69) is 4.52 Å². The Morgan fingerprint density at radius 2 is 1.77 bits per heavy atom. The fraction of sp³-hybridized carbons (Fsp3) is 1.00. The van der Waals surface area contributed by atoms with Crippen LogP contribution in [0.2, 0.25) is 0 Å². The van der Waals surface area contributed by atoms with E-state index >= 15 is 0 Å². The SMILES string of the molecule is COP(N)(=O)SC.O=[Si](O)O.[NaH].[Zr]. The molecule has 74 valence electrons. The van der Waals surface area contributed by atoms with E-state index in [1.807, 2.05) is 0 Å². The maximum atomic E-state index is 10.5. The largest absolute Gasteiger partial charge is 0 e. The molecule has 6 nitrogen and oxygen atoms in total. The topological polar surface area (TPSA) is 110 Å². The van der Waals surface area contributed by atoms with Crippen LogP contribution in [-0.2, 0) is 39.8 Å². The fourth-order valence-corrected chi connectivity index (χ4v) is 0.671. The minimum absolute atomic E-state index is 0. The van der Waals surface area contributed by atoms with Gasteiger partial charge in [0.1, 0.15) is 0 Å². The van der Waals surface area contributed by atoms with E-state index in [1.165, 1.54) is 7.11 Å². The Labute approximate surface area is 124 Å². The van der Waals surface area contributed by atoms with Gasteiger partial charge in [0, 0.05) is 33.3 Å². The van der Waals surface area contributed by atoms with Crippen molar-refractivity contribution < 1.29 is 49.3 Å². The predicted octanol–water partition coefficient (Wildman–Crippen LogP) is -1.20. The number of hydrogen-bond donors (Lipinski definition) is 3. The average molecular weight is 334 g/mol. The van der Waals surface area contributed by atoms with E-state index in [9.17, 15) is 4.57 Å². The van der Waals surface area contributed by atoms with Gasteiger partial charge in [-0.1, -0.05) is 11.4 Å². The molecular weight excluding hydrogens is 323 g/mol. The molecule has 0 rings (SSSR count). The van der Waals surface area contributed by atoms with Crippen LogP contribution < -0.4 is 5.50 Å². The fourth-order valence-electron chi connectivity index (χ4n) is 0.0745. The summed E-state index contributed by atoms with van der Waals surface area (Å²) >= 11 is 1.04. The Bertz CT molecular complexity index is 163. The Hall–Kier alpha value is 2.00. The number of rotatable bonds is 2. The minimum atomic E-state index is -3.13. The van der Waals surface area contributed by atoms with Crippen molar-refractivity contribution in [2.45, 2.75) is 0 Å². The zero-order chi connectivity index (χ0) is 9.49. The van der Waals surface area contributed by atoms with Crippen LogP contribution in [0.3, 0.4) is 0 Å². The van der Waals surface area contributed by atoms with Crippen molar-refractivity contribution in [1.29, 1.82) is 0 Å². The molecule has 11 heteroatoms. The Kier molecular flexibility index (Phi) is 26.2. The van der Waals surface area contributed by atoms with Crippen molar-refractivity contribution in [2.24, 2.45) is 5.50 Å². The van der Waals surface area contributed by atoms with Crippen molar-refractivity contribution in [3.63, 3.8) is 0 Å². The molecule has 1 atom stereocenters. The summed E-state index contributed by atoms with van der Waals surface area (Å²) in [5.41, 5.74) is 5.01. The van der Waals surface area contributed by atoms with Crippen molar-refractivity contribution in [1.82, 2.24) is 0 Å². The first-order valence-corrected chi connectivity index (χ1v) is 7.10. The average Bonchev–Trinajstić information content (AvgIpc) is 1.87. The summed E-state index contributed by atoms with van der Waals surface area (Å²) in [6.07, 6.45) is 1.64. The molecule has 0 aliphatic heterocycles. The molecule has 4 N–H and O–H groups in total. The third-order valence-electron chi connectivity index (χ3n) is 0.509. The smallest absolute Gasteiger partial charge is 0 e. The summed E-state index contributed by atoms with van der Waals surface area (Å²) in [6.45, 7) is -2.74. The summed E-state index contributed by atoms with van der Waals surface area (Å²) in [6, 6.07) is 0. The Morgan fingerprint density at radius 3 is 1.77 bits per heavy atom. The van der Waals surface area contributed by atoms with Gasteiger partial charge in [0.2, 0.25) is 0 Å². The molecule has 0 saturated heterocycles. The second-order valence-electron chi connectivity index (χ2n) is 1.19. The van der Waals surface area contributed by atoms with Gasteiger partial charge in [-0.3, -0.25) is 14.5 Å². The summed E-state index contributed by atoms with van der Waals surface area (Å²) < 4.78 is 23.6. The van der Waals surface area contributed by atoms with Crippen LogP contribution >= 0.6 is 18.1 Å². The zero-order valence-corrected chi connectivity index (χ0v) is 11.7. The van der Waals surface area contributed by atoms with E-state index in [0.717, 1.165) is 11.4 Å². The molecule has 0 aromatic carbocycles. The summed E-state index contributed by atoms with van der Waals surface area (Å²) in [4.78, 5) is 14.3. The molecule has 0 aliphatic carbocycles. The van der Waals surface area contributed by atoms with Gasteiger partial charge >= 0.3 is 45.4 Å². The van der Waals surface area contributed by atoms with Gasteiger partial charge in [-0.15, -0.1) is 0 Å². The molecule has 0 saturated carbocycles. The van der Waals surface area contributed by atoms with Crippen LogP contribution in [0.25, 0.3) is 0 Å². The second kappa shape index (κ2) is 14.0. The van der Waals surface area contributed by atoms with Gasteiger partial charge in [0.15, 0.2) is 0 Å². The van der Waals surface area contributed by atoms with Gasteiger partial charge in [-0.05, 0) is 6.26 Å². The van der Waals surface area contributed by atoms with E-state index in [-0.39, 0.29) is 55.8 Å². The first-order chi connectivity index (χ1) is 4.85. The molecular formula is C2H11NNaO5PSSiZr. The predicted molar refractivity (Wildman–Crippen MR) is 50.3 cm³/mol. The van der Waals surface area contributed by atoms with Gasteiger partial charge in [-0.25, -0.2) is 0 Å². The number of nitrogens with two attached hydrogens (primary N) is 1. The molecule has 0 aromatic rings. The van der Waals surface area contributed by atoms with Crippen LogP contribution in [-0.4, -0.2) is 61.7 Å². The maximum Gasteiger partial charge on any atom is 0 e. The van der Waals surface area contributed by atoms with Crippen LogP contribution in [0.4, 0.5) is 0 Å². The Morgan fingerprint density at radius 1 is 1.54 bits per heavy atom. The molecule has 0 heterocycles. The summed E-state index contributed by atoms with van der Waals surface area (Å²) in [5.74, 6) is 0. The first kappa shape index (κ1) is 24.3. The first-order valence-electron chi connectivity index (χ1n) is 2.27. The summed E-state index contributed by atoms with van der Waals surface area (Å²) in [7, 11) is -1.80.